The van der Waals surface area contributed by atoms with Gasteiger partial charge in [0, 0.05) is 29.5 Å². The molecule has 3 aliphatic rings. The van der Waals surface area contributed by atoms with Crippen LogP contribution in [0.3, 0.4) is 0 Å². The molecule has 2 atom stereocenters. The molecule has 1 aliphatic carbocycles. The first-order chi connectivity index (χ1) is 17.1. The van der Waals surface area contributed by atoms with Crippen LogP contribution < -0.4 is 0 Å². The van der Waals surface area contributed by atoms with Crippen LogP contribution in [0.1, 0.15) is 65.1 Å². The average molecular weight is 466 g/mol. The van der Waals surface area contributed by atoms with E-state index in [0.717, 1.165) is 43.2 Å². The van der Waals surface area contributed by atoms with Crippen molar-refractivity contribution in [1.29, 1.82) is 0 Å². The fourth-order valence-corrected chi connectivity index (χ4v) is 6.52. The Morgan fingerprint density at radius 2 is 1.40 bits per heavy atom. The summed E-state index contributed by atoms with van der Waals surface area (Å²) < 4.78 is 6.01. The van der Waals surface area contributed by atoms with Gasteiger partial charge in [-0.3, -0.25) is 4.79 Å². The van der Waals surface area contributed by atoms with Gasteiger partial charge in [0.05, 0.1) is 0 Å². The van der Waals surface area contributed by atoms with Crippen LogP contribution in [-0.4, -0.2) is 35.5 Å². The summed E-state index contributed by atoms with van der Waals surface area (Å²) in [5, 5.41) is 0. The van der Waals surface area contributed by atoms with Crippen molar-refractivity contribution in [1.82, 2.24) is 4.90 Å². The van der Waals surface area contributed by atoms with E-state index in [1.807, 2.05) is 36.1 Å². The molecule has 3 aromatic carbocycles. The third-order valence-corrected chi connectivity index (χ3v) is 8.23. The smallest absolute Gasteiger partial charge is 0.410 e. The van der Waals surface area contributed by atoms with Crippen LogP contribution in [0, 0.1) is 12.8 Å². The lowest BCUT2D eigenvalue weighted by atomic mass is 9.76. The normalized spacial score (nSPS) is 22.9. The third-order valence-electron chi connectivity index (χ3n) is 8.23. The Bertz CT molecular complexity index is 1200. The minimum Gasteiger partial charge on any atom is -0.448 e. The second-order valence-electron chi connectivity index (χ2n) is 10.3. The molecule has 0 radical (unpaired) electrons. The fourth-order valence-electron chi connectivity index (χ4n) is 6.52. The number of carbonyl (C=O) groups excluding carboxylic acids is 2. The van der Waals surface area contributed by atoms with Gasteiger partial charge in [0.1, 0.15) is 6.61 Å². The summed E-state index contributed by atoms with van der Waals surface area (Å²) >= 11 is 0. The van der Waals surface area contributed by atoms with Gasteiger partial charge in [0.2, 0.25) is 0 Å². The molecule has 2 fully saturated rings. The van der Waals surface area contributed by atoms with Crippen LogP contribution in [0.25, 0.3) is 11.1 Å². The first kappa shape index (κ1) is 22.1. The molecule has 4 nitrogen and oxygen atoms in total. The molecule has 0 N–H and O–H groups in total. The Balaban J connectivity index is 1.16. The quantitative estimate of drug-likeness (QED) is 0.400. The summed E-state index contributed by atoms with van der Waals surface area (Å²) in [6, 6.07) is 24.9. The number of benzene rings is 3. The van der Waals surface area contributed by atoms with Crippen LogP contribution >= 0.6 is 0 Å². The number of Topliss-reactive ketones (excluding diaryl/α,β-unsaturated/α-hetero) is 1. The van der Waals surface area contributed by atoms with Crippen molar-refractivity contribution in [3.05, 3.63) is 95.1 Å². The first-order valence-electron chi connectivity index (χ1n) is 12.8. The van der Waals surface area contributed by atoms with Crippen molar-refractivity contribution in [2.24, 2.45) is 5.92 Å². The first-order valence-corrected chi connectivity index (χ1v) is 12.8. The number of rotatable bonds is 4. The lowest BCUT2D eigenvalue weighted by molar-refractivity contribution is 0.00651. The van der Waals surface area contributed by atoms with Gasteiger partial charge in [0.15, 0.2) is 5.78 Å². The zero-order valence-corrected chi connectivity index (χ0v) is 20.2. The molecule has 178 valence electrons. The summed E-state index contributed by atoms with van der Waals surface area (Å²) in [6.07, 6.45) is 4.23. The predicted octanol–water partition coefficient (Wildman–Crippen LogP) is 6.76. The Morgan fingerprint density at radius 3 is 2.00 bits per heavy atom. The highest BCUT2D eigenvalue weighted by Crippen LogP contribution is 2.45. The predicted molar refractivity (Wildman–Crippen MR) is 137 cm³/mol. The van der Waals surface area contributed by atoms with Crippen LogP contribution in [0.2, 0.25) is 0 Å². The second kappa shape index (κ2) is 8.99. The zero-order chi connectivity index (χ0) is 23.9. The second-order valence-corrected chi connectivity index (χ2v) is 10.3. The van der Waals surface area contributed by atoms with E-state index in [1.54, 1.807) is 0 Å². The van der Waals surface area contributed by atoms with Gasteiger partial charge in [-0.05, 0) is 61.3 Å². The molecule has 1 amide bonds. The average Bonchev–Trinajstić information content (AvgIpc) is 3.20. The number of hydrogen-bond donors (Lipinski definition) is 0. The van der Waals surface area contributed by atoms with Crippen molar-refractivity contribution in [3.63, 3.8) is 0 Å². The molecule has 0 aromatic heterocycles. The van der Waals surface area contributed by atoms with E-state index in [-0.39, 0.29) is 35.8 Å². The van der Waals surface area contributed by atoms with E-state index in [1.165, 1.54) is 22.3 Å². The summed E-state index contributed by atoms with van der Waals surface area (Å²) in [7, 11) is 0. The number of nitrogens with zero attached hydrogens (tertiary/aromatic N) is 1. The highest BCUT2D eigenvalue weighted by molar-refractivity contribution is 5.98. The number of aryl methyl sites for hydroxylation is 1. The van der Waals surface area contributed by atoms with E-state index < -0.39 is 0 Å². The SMILES string of the molecule is Cc1ccc(C(=O)C2CC3CCCC(C2)N3C(=O)OCC2c3ccccc3-c3ccccc32)cc1. The maximum atomic E-state index is 13.4. The van der Waals surface area contributed by atoms with E-state index in [0.29, 0.717) is 6.61 Å². The van der Waals surface area contributed by atoms with E-state index in [2.05, 4.69) is 48.5 Å². The molecule has 2 aliphatic heterocycles. The van der Waals surface area contributed by atoms with Crippen molar-refractivity contribution in [2.75, 3.05) is 6.61 Å². The molecular weight excluding hydrogens is 434 g/mol. The maximum absolute atomic E-state index is 13.4. The molecule has 6 rings (SSSR count). The summed E-state index contributed by atoms with van der Waals surface area (Å²) in [6.45, 7) is 2.38. The molecule has 2 unspecified atom stereocenters. The van der Waals surface area contributed by atoms with E-state index in [9.17, 15) is 9.59 Å². The van der Waals surface area contributed by atoms with E-state index >= 15 is 0 Å². The number of piperidine rings is 2. The number of ketones is 1. The van der Waals surface area contributed by atoms with E-state index in [4.69, 9.17) is 4.74 Å². The monoisotopic (exact) mass is 465 g/mol. The largest absolute Gasteiger partial charge is 0.448 e. The Hall–Kier alpha value is -3.40. The number of amides is 1. The summed E-state index contributed by atoms with van der Waals surface area (Å²) in [5.41, 5.74) is 6.86. The number of ether oxygens (including phenoxy) is 1. The highest BCUT2D eigenvalue weighted by atomic mass is 16.6. The number of carbonyl (C=O) groups is 2. The molecule has 4 heteroatoms. The van der Waals surface area contributed by atoms with Gasteiger partial charge in [-0.25, -0.2) is 4.79 Å². The number of hydrogen-bond acceptors (Lipinski definition) is 3. The van der Waals surface area contributed by atoms with Gasteiger partial charge in [0.25, 0.3) is 0 Å². The Morgan fingerprint density at radius 1 is 0.829 bits per heavy atom. The summed E-state index contributed by atoms with van der Waals surface area (Å²) in [4.78, 5) is 28.6. The standard InChI is InChI=1S/C31H31NO3/c1-20-13-15-21(16-14-20)30(33)22-17-23-7-6-8-24(18-22)32(23)31(34)35-19-29-27-11-4-2-9-25(27)26-10-3-5-12-28(26)29/h2-5,9-16,22-24,29H,6-8,17-19H2,1H3. The molecular formula is C31H31NO3. The molecule has 35 heavy (non-hydrogen) atoms. The van der Waals surface area contributed by atoms with Crippen molar-refractivity contribution in [2.45, 2.75) is 57.0 Å². The number of fused-ring (bicyclic) bond motifs is 5. The van der Waals surface area contributed by atoms with Gasteiger partial charge < -0.3 is 9.64 Å². The minimum atomic E-state index is -0.220. The van der Waals surface area contributed by atoms with Gasteiger partial charge >= 0.3 is 6.09 Å². The maximum Gasteiger partial charge on any atom is 0.410 e. The molecule has 0 saturated carbocycles. The minimum absolute atomic E-state index is 0.0226. The Labute approximate surface area is 206 Å². The van der Waals surface area contributed by atoms with Crippen molar-refractivity contribution in [3.8, 4) is 11.1 Å². The van der Waals surface area contributed by atoms with Crippen LogP contribution in [0.4, 0.5) is 4.79 Å². The molecule has 0 spiro atoms. The van der Waals surface area contributed by atoms with Gasteiger partial charge in [-0.2, -0.15) is 0 Å². The third kappa shape index (κ3) is 3.95. The molecule has 2 heterocycles. The molecule has 2 bridgehead atoms. The highest BCUT2D eigenvalue weighted by Gasteiger charge is 2.44. The van der Waals surface area contributed by atoms with Gasteiger partial charge in [-0.15, -0.1) is 0 Å². The molecule has 2 saturated heterocycles. The van der Waals surface area contributed by atoms with Gasteiger partial charge in [-0.1, -0.05) is 78.4 Å². The lowest BCUT2D eigenvalue weighted by Crippen LogP contribution is -2.55. The van der Waals surface area contributed by atoms with Crippen LogP contribution in [-0.2, 0) is 4.74 Å². The lowest BCUT2D eigenvalue weighted by Gasteiger charge is -2.47. The topological polar surface area (TPSA) is 46.6 Å². The molecule has 3 aromatic rings. The fraction of sp³-hybridized carbons (Fsp3) is 0.355. The zero-order valence-electron chi connectivity index (χ0n) is 20.2. The van der Waals surface area contributed by atoms with Crippen LogP contribution in [0.5, 0.6) is 0 Å². The van der Waals surface area contributed by atoms with Crippen molar-refractivity contribution >= 4 is 11.9 Å². The summed E-state index contributed by atoms with van der Waals surface area (Å²) in [5.74, 6) is 0.256. The van der Waals surface area contributed by atoms with Crippen LogP contribution in [0.15, 0.2) is 72.8 Å². The Kier molecular flexibility index (Phi) is 5.68. The van der Waals surface area contributed by atoms with Crippen molar-refractivity contribution < 1.29 is 14.3 Å².